The summed E-state index contributed by atoms with van der Waals surface area (Å²) >= 11 is -1.56. The zero-order valence-corrected chi connectivity index (χ0v) is 10.8. The van der Waals surface area contributed by atoms with E-state index < -0.39 is 16.6 Å². The fourth-order valence-corrected chi connectivity index (χ4v) is 6.58. The molecule has 1 aliphatic carbocycles. The molecule has 68 valence electrons. The van der Waals surface area contributed by atoms with E-state index in [1.165, 1.54) is 6.42 Å². The first kappa shape index (κ1) is 10.3. The van der Waals surface area contributed by atoms with Crippen LogP contribution in [0, 0.1) is 0 Å². The Kier molecular flexibility index (Phi) is 2.70. The molecule has 0 saturated carbocycles. The molecule has 1 aliphatic rings. The summed E-state index contributed by atoms with van der Waals surface area (Å²) in [6.45, 7) is 6.89. The first-order chi connectivity index (χ1) is 5.34. The first-order valence-electron chi connectivity index (χ1n) is 4.71. The summed E-state index contributed by atoms with van der Waals surface area (Å²) in [5.74, 6) is 0. The Morgan fingerprint density at radius 3 is 1.58 bits per heavy atom. The summed E-state index contributed by atoms with van der Waals surface area (Å²) < 4.78 is 1.77. The van der Waals surface area contributed by atoms with Gasteiger partial charge in [0.25, 0.3) is 0 Å². The molecule has 0 aromatic rings. The van der Waals surface area contributed by atoms with Gasteiger partial charge in [-0.2, -0.15) is 0 Å². The molecule has 0 N–H and O–H groups in total. The van der Waals surface area contributed by atoms with E-state index in [1.54, 1.807) is 20.6 Å². The van der Waals surface area contributed by atoms with Gasteiger partial charge in [0.15, 0.2) is 0 Å². The van der Waals surface area contributed by atoms with Gasteiger partial charge in [0.2, 0.25) is 0 Å². The van der Waals surface area contributed by atoms with Gasteiger partial charge in [-0.3, -0.25) is 0 Å². The first-order valence-corrected chi connectivity index (χ1v) is 10.2. The fourth-order valence-electron chi connectivity index (χ4n) is 2.35. The van der Waals surface area contributed by atoms with Gasteiger partial charge < -0.3 is 0 Å². The predicted octanol–water partition coefficient (Wildman–Crippen LogP) is 4.30. The Bertz CT molecular complexity index is 261. The standard InChI is InChI=1S/C8H11.3CH3.Ti/c1-6-4-7(2)8(3)5-6;;;;/h4H2,1-3H3;3*1H3;. The molecule has 0 bridgehead atoms. The van der Waals surface area contributed by atoms with Crippen LogP contribution in [0.1, 0.15) is 27.2 Å². The van der Waals surface area contributed by atoms with Gasteiger partial charge in [0.05, 0.1) is 0 Å². The van der Waals surface area contributed by atoms with Crippen molar-refractivity contribution in [2.45, 2.75) is 42.9 Å². The maximum atomic E-state index is 2.49. The topological polar surface area (TPSA) is 0 Å². The zero-order chi connectivity index (χ0) is 9.52. The monoisotopic (exact) mass is 200 g/mol. The third kappa shape index (κ3) is 1.75. The third-order valence-electron chi connectivity index (χ3n) is 2.72. The molecule has 0 amide bonds. The second kappa shape index (κ2) is 3.16. The minimum atomic E-state index is -1.56. The molecule has 0 nitrogen and oxygen atoms in total. The molecule has 0 aromatic carbocycles. The van der Waals surface area contributed by atoms with Crippen LogP contribution in [-0.4, -0.2) is 0 Å². The normalized spacial score (nSPS) is 19.5. The van der Waals surface area contributed by atoms with Crippen LogP contribution >= 0.6 is 0 Å². The van der Waals surface area contributed by atoms with Crippen molar-refractivity contribution in [3.05, 3.63) is 20.6 Å². The van der Waals surface area contributed by atoms with Gasteiger partial charge in [-0.1, -0.05) is 0 Å². The Balaban J connectivity index is 3.12. The van der Waals surface area contributed by atoms with Crippen molar-refractivity contribution in [2.75, 3.05) is 0 Å². The summed E-state index contributed by atoms with van der Waals surface area (Å²) in [6.07, 6.45) is 1.24. The van der Waals surface area contributed by atoms with E-state index in [2.05, 4.69) is 36.5 Å². The summed E-state index contributed by atoms with van der Waals surface area (Å²) in [7, 11) is 0. The van der Waals surface area contributed by atoms with E-state index in [9.17, 15) is 0 Å². The Morgan fingerprint density at radius 2 is 1.42 bits per heavy atom. The molecular formula is C11H20Ti. The minimum absolute atomic E-state index is 1.24. The van der Waals surface area contributed by atoms with E-state index in [4.69, 9.17) is 0 Å². The molecule has 0 atom stereocenters. The van der Waals surface area contributed by atoms with Crippen molar-refractivity contribution in [2.24, 2.45) is 0 Å². The third-order valence-corrected chi connectivity index (χ3v) is 6.32. The number of hydrogen-bond donors (Lipinski definition) is 0. The molecule has 0 spiro atoms. The molecule has 0 radical (unpaired) electrons. The van der Waals surface area contributed by atoms with Gasteiger partial charge in [-0.05, 0) is 0 Å². The molecule has 1 heteroatoms. The van der Waals surface area contributed by atoms with Crippen molar-refractivity contribution < 1.29 is 16.6 Å². The zero-order valence-electron chi connectivity index (χ0n) is 9.21. The van der Waals surface area contributed by atoms with Gasteiger partial charge in [-0.25, -0.2) is 0 Å². The second-order valence-corrected chi connectivity index (χ2v) is 12.8. The molecule has 0 fully saturated rings. The number of allylic oxidation sites excluding steroid dienone is 4. The van der Waals surface area contributed by atoms with Crippen molar-refractivity contribution >= 4 is 0 Å². The molecule has 1 rings (SSSR count). The van der Waals surface area contributed by atoms with Crippen molar-refractivity contribution in [1.82, 2.24) is 0 Å². The van der Waals surface area contributed by atoms with Gasteiger partial charge in [0, 0.05) is 0 Å². The number of hydrogen-bond acceptors (Lipinski definition) is 0. The molecule has 12 heavy (non-hydrogen) atoms. The molecule has 0 unspecified atom stereocenters. The van der Waals surface area contributed by atoms with Crippen molar-refractivity contribution in [1.29, 1.82) is 0 Å². The molecule has 0 heterocycles. The molecule has 0 aliphatic heterocycles. The molecule has 0 saturated heterocycles. The Hall–Kier alpha value is 0.194. The SMILES string of the molecule is CC1=C(C)[C]([Ti]([CH3])([CH3])[CH3])=C(C)C1. The van der Waals surface area contributed by atoms with E-state index >= 15 is 0 Å². The Labute approximate surface area is 80.1 Å². The van der Waals surface area contributed by atoms with E-state index in [1.807, 2.05) is 0 Å². The molecule has 0 aromatic heterocycles. The summed E-state index contributed by atoms with van der Waals surface area (Å²) in [6, 6.07) is 0. The Morgan fingerprint density at radius 1 is 0.917 bits per heavy atom. The van der Waals surface area contributed by atoms with Crippen molar-refractivity contribution in [3.63, 3.8) is 0 Å². The van der Waals surface area contributed by atoms with Crippen LogP contribution in [-0.2, 0) is 16.6 Å². The van der Waals surface area contributed by atoms with Crippen LogP contribution in [0.2, 0.25) is 15.7 Å². The van der Waals surface area contributed by atoms with Crippen LogP contribution in [0.3, 0.4) is 0 Å². The average molecular weight is 200 g/mol. The quantitative estimate of drug-likeness (QED) is 0.553. The van der Waals surface area contributed by atoms with Gasteiger partial charge >= 0.3 is 80.1 Å². The van der Waals surface area contributed by atoms with E-state index in [0.29, 0.717) is 0 Å². The van der Waals surface area contributed by atoms with Crippen LogP contribution in [0.25, 0.3) is 0 Å². The predicted molar refractivity (Wildman–Crippen MR) is 53.3 cm³/mol. The maximum absolute atomic E-state index is 2.49. The fraction of sp³-hybridized carbons (Fsp3) is 0.636. The van der Waals surface area contributed by atoms with Crippen LogP contribution in [0.4, 0.5) is 0 Å². The van der Waals surface area contributed by atoms with Gasteiger partial charge in [-0.15, -0.1) is 0 Å². The summed E-state index contributed by atoms with van der Waals surface area (Å²) in [5.41, 5.74) is 4.86. The van der Waals surface area contributed by atoms with Gasteiger partial charge in [0.1, 0.15) is 0 Å². The summed E-state index contributed by atoms with van der Waals surface area (Å²) in [4.78, 5) is 0. The van der Waals surface area contributed by atoms with E-state index in [0.717, 1.165) is 0 Å². The van der Waals surface area contributed by atoms with Crippen LogP contribution in [0.5, 0.6) is 0 Å². The van der Waals surface area contributed by atoms with Crippen LogP contribution in [0.15, 0.2) is 20.6 Å². The second-order valence-electron chi connectivity index (χ2n) is 4.99. The van der Waals surface area contributed by atoms with Crippen LogP contribution < -0.4 is 0 Å². The molecular weight excluding hydrogens is 180 g/mol. The summed E-state index contributed by atoms with van der Waals surface area (Å²) in [5, 5.41) is 7.46. The average Bonchev–Trinajstić information content (AvgIpc) is 2.05. The van der Waals surface area contributed by atoms with E-state index in [-0.39, 0.29) is 0 Å². The number of rotatable bonds is 1. The van der Waals surface area contributed by atoms with Crippen molar-refractivity contribution in [3.8, 4) is 0 Å².